The van der Waals surface area contributed by atoms with E-state index in [1.54, 1.807) is 0 Å². The third-order valence-corrected chi connectivity index (χ3v) is 3.26. The molecular formula is C12H10BrN3O2. The molecule has 5 nitrogen and oxygen atoms in total. The Morgan fingerprint density at radius 3 is 2.72 bits per heavy atom. The standard InChI is InChI=1S/C12H10BrN3O2/c1-7-8(13)3-2-4-9(7)16-11-6-14-10(5-15-11)12(17)18/h2-6H,1H3,(H,15,16)(H,17,18). The van der Waals surface area contributed by atoms with Crippen molar-refractivity contribution in [2.45, 2.75) is 6.92 Å². The van der Waals surface area contributed by atoms with Gasteiger partial charge in [0.15, 0.2) is 5.69 Å². The van der Waals surface area contributed by atoms with Gasteiger partial charge in [0.1, 0.15) is 5.82 Å². The predicted octanol–water partition coefficient (Wildman–Crippen LogP) is 2.99. The van der Waals surface area contributed by atoms with Crippen molar-refractivity contribution in [2.24, 2.45) is 0 Å². The van der Waals surface area contributed by atoms with E-state index in [1.807, 2.05) is 25.1 Å². The summed E-state index contributed by atoms with van der Waals surface area (Å²) in [5, 5.41) is 11.8. The number of rotatable bonds is 3. The van der Waals surface area contributed by atoms with Crippen LogP contribution in [0.5, 0.6) is 0 Å². The number of carboxylic acids is 1. The molecular weight excluding hydrogens is 298 g/mol. The van der Waals surface area contributed by atoms with Crippen LogP contribution in [0.15, 0.2) is 35.1 Å². The van der Waals surface area contributed by atoms with E-state index >= 15 is 0 Å². The summed E-state index contributed by atoms with van der Waals surface area (Å²) in [6.07, 6.45) is 2.61. The molecule has 0 aliphatic rings. The Morgan fingerprint density at radius 2 is 2.11 bits per heavy atom. The Kier molecular flexibility index (Phi) is 3.57. The quantitative estimate of drug-likeness (QED) is 0.911. The molecule has 0 amide bonds. The van der Waals surface area contributed by atoms with E-state index < -0.39 is 5.97 Å². The van der Waals surface area contributed by atoms with Crippen LogP contribution in [0, 0.1) is 6.92 Å². The van der Waals surface area contributed by atoms with E-state index in [1.165, 1.54) is 12.4 Å². The fourth-order valence-corrected chi connectivity index (χ4v) is 1.75. The first-order chi connectivity index (χ1) is 8.58. The number of benzene rings is 1. The molecule has 1 aromatic carbocycles. The fraction of sp³-hybridized carbons (Fsp3) is 0.0833. The average Bonchev–Trinajstić information content (AvgIpc) is 2.36. The van der Waals surface area contributed by atoms with Gasteiger partial charge < -0.3 is 10.4 Å². The van der Waals surface area contributed by atoms with Crippen LogP contribution in [0.25, 0.3) is 0 Å². The molecule has 92 valence electrons. The number of aromatic carboxylic acids is 1. The monoisotopic (exact) mass is 307 g/mol. The van der Waals surface area contributed by atoms with Crippen LogP contribution in [0.2, 0.25) is 0 Å². The molecule has 0 saturated carbocycles. The van der Waals surface area contributed by atoms with Crippen LogP contribution in [0.3, 0.4) is 0 Å². The number of nitrogens with one attached hydrogen (secondary N) is 1. The molecule has 0 saturated heterocycles. The van der Waals surface area contributed by atoms with Gasteiger partial charge in [-0.25, -0.2) is 14.8 Å². The zero-order chi connectivity index (χ0) is 13.1. The van der Waals surface area contributed by atoms with Gasteiger partial charge in [0.05, 0.1) is 12.4 Å². The molecule has 0 unspecified atom stereocenters. The number of anilines is 2. The number of hydrogen-bond acceptors (Lipinski definition) is 4. The minimum Gasteiger partial charge on any atom is -0.476 e. The van der Waals surface area contributed by atoms with Gasteiger partial charge in [-0.2, -0.15) is 0 Å². The maximum absolute atomic E-state index is 10.6. The largest absolute Gasteiger partial charge is 0.476 e. The molecule has 0 bridgehead atoms. The summed E-state index contributed by atoms with van der Waals surface area (Å²) in [5.41, 5.74) is 1.86. The van der Waals surface area contributed by atoms with Crippen LogP contribution >= 0.6 is 15.9 Å². The van der Waals surface area contributed by atoms with Crippen molar-refractivity contribution in [1.29, 1.82) is 0 Å². The van der Waals surface area contributed by atoms with E-state index in [0.717, 1.165) is 15.7 Å². The number of halogens is 1. The number of carboxylic acid groups (broad SMARTS) is 1. The van der Waals surface area contributed by atoms with E-state index in [0.29, 0.717) is 5.82 Å². The number of aromatic nitrogens is 2. The number of hydrogen-bond donors (Lipinski definition) is 2. The second-order valence-electron chi connectivity index (χ2n) is 3.63. The summed E-state index contributed by atoms with van der Waals surface area (Å²) < 4.78 is 0.989. The molecule has 6 heteroatoms. The van der Waals surface area contributed by atoms with Gasteiger partial charge in [0.2, 0.25) is 0 Å². The Morgan fingerprint density at radius 1 is 1.33 bits per heavy atom. The minimum absolute atomic E-state index is 0.0773. The van der Waals surface area contributed by atoms with Gasteiger partial charge in [-0.15, -0.1) is 0 Å². The Labute approximate surface area is 112 Å². The van der Waals surface area contributed by atoms with Crippen LogP contribution < -0.4 is 5.32 Å². The lowest BCUT2D eigenvalue weighted by atomic mass is 10.2. The van der Waals surface area contributed by atoms with Crippen LogP contribution in [-0.4, -0.2) is 21.0 Å². The minimum atomic E-state index is -1.09. The average molecular weight is 308 g/mol. The Hall–Kier alpha value is -1.95. The highest BCUT2D eigenvalue weighted by Gasteiger charge is 2.06. The zero-order valence-electron chi connectivity index (χ0n) is 9.51. The smallest absolute Gasteiger partial charge is 0.356 e. The summed E-state index contributed by atoms with van der Waals surface area (Å²) in [4.78, 5) is 18.4. The zero-order valence-corrected chi connectivity index (χ0v) is 11.1. The number of carbonyl (C=O) groups is 1. The van der Waals surface area contributed by atoms with Gasteiger partial charge in [0, 0.05) is 10.2 Å². The van der Waals surface area contributed by atoms with Crippen molar-refractivity contribution in [3.63, 3.8) is 0 Å². The van der Waals surface area contributed by atoms with Crippen molar-refractivity contribution in [3.8, 4) is 0 Å². The van der Waals surface area contributed by atoms with Crippen molar-refractivity contribution >= 4 is 33.4 Å². The van der Waals surface area contributed by atoms with Crippen LogP contribution in [0.1, 0.15) is 16.1 Å². The number of nitrogens with zero attached hydrogens (tertiary/aromatic N) is 2. The van der Waals surface area contributed by atoms with Crippen molar-refractivity contribution in [3.05, 3.63) is 46.3 Å². The summed E-state index contributed by atoms with van der Waals surface area (Å²) in [5.74, 6) is -0.589. The highest BCUT2D eigenvalue weighted by atomic mass is 79.9. The molecule has 0 aliphatic carbocycles. The first-order valence-corrected chi connectivity index (χ1v) is 5.94. The van der Waals surface area contributed by atoms with Gasteiger partial charge >= 0.3 is 5.97 Å². The normalized spacial score (nSPS) is 10.1. The van der Waals surface area contributed by atoms with Crippen molar-refractivity contribution < 1.29 is 9.90 Å². The molecule has 2 rings (SSSR count). The molecule has 0 spiro atoms. The third kappa shape index (κ3) is 2.65. The molecule has 18 heavy (non-hydrogen) atoms. The summed E-state index contributed by atoms with van der Waals surface area (Å²) >= 11 is 3.44. The van der Waals surface area contributed by atoms with Crippen molar-refractivity contribution in [1.82, 2.24) is 9.97 Å². The van der Waals surface area contributed by atoms with E-state index in [-0.39, 0.29) is 5.69 Å². The summed E-state index contributed by atoms with van der Waals surface area (Å²) in [7, 11) is 0. The lowest BCUT2D eigenvalue weighted by molar-refractivity contribution is 0.0690. The predicted molar refractivity (Wildman–Crippen MR) is 71.2 cm³/mol. The summed E-state index contributed by atoms with van der Waals surface area (Å²) in [6.45, 7) is 1.96. The van der Waals surface area contributed by atoms with E-state index in [9.17, 15) is 4.79 Å². The second-order valence-corrected chi connectivity index (χ2v) is 4.48. The van der Waals surface area contributed by atoms with Gasteiger partial charge in [-0.05, 0) is 24.6 Å². The highest BCUT2D eigenvalue weighted by molar-refractivity contribution is 9.10. The van der Waals surface area contributed by atoms with E-state index in [2.05, 4.69) is 31.2 Å². The first kappa shape index (κ1) is 12.5. The lowest BCUT2D eigenvalue weighted by Gasteiger charge is -2.09. The maximum Gasteiger partial charge on any atom is 0.356 e. The van der Waals surface area contributed by atoms with Gasteiger partial charge in [-0.1, -0.05) is 22.0 Å². The van der Waals surface area contributed by atoms with Crippen molar-refractivity contribution in [2.75, 3.05) is 5.32 Å². The highest BCUT2D eigenvalue weighted by Crippen LogP contribution is 2.25. The van der Waals surface area contributed by atoms with Gasteiger partial charge in [0.25, 0.3) is 0 Å². The fourth-order valence-electron chi connectivity index (χ4n) is 1.38. The molecule has 0 radical (unpaired) electrons. The second kappa shape index (κ2) is 5.14. The SMILES string of the molecule is Cc1c(Br)cccc1Nc1cnc(C(=O)O)cn1. The van der Waals surface area contributed by atoms with E-state index in [4.69, 9.17) is 5.11 Å². The van der Waals surface area contributed by atoms with Crippen LogP contribution in [0.4, 0.5) is 11.5 Å². The lowest BCUT2D eigenvalue weighted by Crippen LogP contribution is -2.03. The van der Waals surface area contributed by atoms with Gasteiger partial charge in [-0.3, -0.25) is 0 Å². The molecule has 2 N–H and O–H groups in total. The molecule has 2 aromatic rings. The molecule has 1 aromatic heterocycles. The molecule has 1 heterocycles. The first-order valence-electron chi connectivity index (χ1n) is 5.15. The third-order valence-electron chi connectivity index (χ3n) is 2.40. The molecule has 0 fully saturated rings. The Bertz CT molecular complexity index is 584. The topological polar surface area (TPSA) is 75.1 Å². The Balaban J connectivity index is 2.24. The maximum atomic E-state index is 10.6. The molecule has 0 atom stereocenters. The molecule has 0 aliphatic heterocycles. The summed E-state index contributed by atoms with van der Waals surface area (Å²) in [6, 6.07) is 5.76. The van der Waals surface area contributed by atoms with Crippen LogP contribution in [-0.2, 0) is 0 Å².